The summed E-state index contributed by atoms with van der Waals surface area (Å²) in [6, 6.07) is 15.5. The number of carbonyl (C=O) groups excluding carboxylic acids is 1. The van der Waals surface area contributed by atoms with Crippen LogP contribution in [0.3, 0.4) is 0 Å². The highest BCUT2D eigenvalue weighted by Gasteiger charge is 2.12. The number of nitrogens with zero attached hydrogens (tertiary/aromatic N) is 2. The maximum absolute atomic E-state index is 12.3. The molecular formula is C20H19N3O2S2. The molecule has 1 heterocycles. The van der Waals surface area contributed by atoms with E-state index < -0.39 is 0 Å². The molecule has 0 saturated carbocycles. The van der Waals surface area contributed by atoms with Crippen molar-refractivity contribution < 1.29 is 9.53 Å². The molecule has 5 nitrogen and oxygen atoms in total. The summed E-state index contributed by atoms with van der Waals surface area (Å²) in [5.74, 6) is 0.741. The van der Waals surface area contributed by atoms with E-state index in [2.05, 4.69) is 34.3 Å². The number of aromatic nitrogens is 2. The number of rotatable bonds is 7. The van der Waals surface area contributed by atoms with E-state index in [1.54, 1.807) is 31.3 Å². The van der Waals surface area contributed by atoms with Crippen LogP contribution in [0.15, 0.2) is 75.9 Å². The first-order valence-electron chi connectivity index (χ1n) is 8.27. The molecule has 1 N–H and O–H groups in total. The molecule has 7 heteroatoms. The Morgan fingerprint density at radius 2 is 1.85 bits per heavy atom. The summed E-state index contributed by atoms with van der Waals surface area (Å²) in [6.07, 6.45) is 3.30. The van der Waals surface area contributed by atoms with Crippen molar-refractivity contribution in [2.75, 3.05) is 18.2 Å². The first-order chi connectivity index (χ1) is 13.2. The lowest BCUT2D eigenvalue weighted by atomic mass is 10.2. The van der Waals surface area contributed by atoms with Gasteiger partial charge in [-0.3, -0.25) is 4.79 Å². The fraction of sp³-hybridized carbons (Fsp3) is 0.150. The van der Waals surface area contributed by atoms with E-state index in [-0.39, 0.29) is 11.7 Å². The number of methoxy groups -OCH3 is 1. The highest BCUT2D eigenvalue weighted by atomic mass is 32.2. The summed E-state index contributed by atoms with van der Waals surface area (Å²) in [6.45, 7) is 2.05. The molecule has 27 heavy (non-hydrogen) atoms. The zero-order chi connectivity index (χ0) is 19.1. The molecule has 0 atom stereocenters. The van der Waals surface area contributed by atoms with Gasteiger partial charge in [0, 0.05) is 17.3 Å². The van der Waals surface area contributed by atoms with Crippen molar-refractivity contribution in [3.63, 3.8) is 0 Å². The Balaban J connectivity index is 1.65. The van der Waals surface area contributed by atoms with Gasteiger partial charge in [0.1, 0.15) is 15.8 Å². The van der Waals surface area contributed by atoms with Crippen LogP contribution in [0.5, 0.6) is 5.75 Å². The number of anilines is 1. The minimum Gasteiger partial charge on any atom is -0.495 e. The van der Waals surface area contributed by atoms with Gasteiger partial charge in [-0.2, -0.15) is 0 Å². The summed E-state index contributed by atoms with van der Waals surface area (Å²) in [5, 5.41) is 4.39. The molecule has 0 aliphatic rings. The smallest absolute Gasteiger partial charge is 0.234 e. The van der Waals surface area contributed by atoms with Crippen molar-refractivity contribution in [1.29, 1.82) is 0 Å². The normalized spacial score (nSPS) is 10.4. The topological polar surface area (TPSA) is 64.1 Å². The number of benzene rings is 2. The van der Waals surface area contributed by atoms with Gasteiger partial charge in [-0.25, -0.2) is 9.97 Å². The molecule has 0 spiro atoms. The van der Waals surface area contributed by atoms with Crippen molar-refractivity contribution in [2.24, 2.45) is 0 Å². The first kappa shape index (κ1) is 19.3. The molecule has 0 aliphatic heterocycles. The van der Waals surface area contributed by atoms with Crippen molar-refractivity contribution >= 4 is 35.1 Å². The van der Waals surface area contributed by atoms with Crippen LogP contribution < -0.4 is 10.1 Å². The summed E-state index contributed by atoms with van der Waals surface area (Å²) in [5.41, 5.74) is 1.84. The van der Waals surface area contributed by atoms with Crippen molar-refractivity contribution in [2.45, 2.75) is 21.9 Å². The molecule has 2 aromatic carbocycles. The fourth-order valence-corrected chi connectivity index (χ4v) is 4.16. The van der Waals surface area contributed by atoms with Gasteiger partial charge < -0.3 is 10.1 Å². The van der Waals surface area contributed by atoms with Gasteiger partial charge in [-0.1, -0.05) is 53.4 Å². The SMILES string of the molecule is COc1ccccc1NC(=O)CSc1nccnc1Sc1cccc(C)c1. The number of thioether (sulfide) groups is 1. The van der Waals surface area contributed by atoms with Crippen molar-refractivity contribution in [3.05, 3.63) is 66.5 Å². The van der Waals surface area contributed by atoms with Crippen LogP contribution in [0.25, 0.3) is 0 Å². The summed E-state index contributed by atoms with van der Waals surface area (Å²) in [4.78, 5) is 22.2. The lowest BCUT2D eigenvalue weighted by Crippen LogP contribution is -2.14. The Bertz CT molecular complexity index is 934. The fourth-order valence-electron chi connectivity index (χ4n) is 2.34. The molecule has 0 saturated heterocycles. The highest BCUT2D eigenvalue weighted by molar-refractivity contribution is 8.02. The van der Waals surface area contributed by atoms with E-state index in [1.165, 1.54) is 17.3 Å². The van der Waals surface area contributed by atoms with Gasteiger partial charge in [0.25, 0.3) is 0 Å². The number of hydrogen-bond donors (Lipinski definition) is 1. The predicted molar refractivity (Wildman–Crippen MR) is 110 cm³/mol. The second kappa shape index (κ2) is 9.43. The van der Waals surface area contributed by atoms with Crippen LogP contribution in [-0.2, 0) is 4.79 Å². The summed E-state index contributed by atoms with van der Waals surface area (Å²) in [7, 11) is 1.58. The van der Waals surface area contributed by atoms with Gasteiger partial charge >= 0.3 is 0 Å². The van der Waals surface area contributed by atoms with Crippen LogP contribution in [0, 0.1) is 6.92 Å². The zero-order valence-electron chi connectivity index (χ0n) is 15.0. The predicted octanol–water partition coefficient (Wildman–Crippen LogP) is 4.68. The van der Waals surface area contributed by atoms with E-state index >= 15 is 0 Å². The third kappa shape index (κ3) is 5.48. The van der Waals surface area contributed by atoms with Crippen LogP contribution in [0.1, 0.15) is 5.56 Å². The lowest BCUT2D eigenvalue weighted by Gasteiger charge is -2.10. The third-order valence-electron chi connectivity index (χ3n) is 3.56. The summed E-state index contributed by atoms with van der Waals surface area (Å²) >= 11 is 2.91. The minimum atomic E-state index is -0.123. The maximum Gasteiger partial charge on any atom is 0.234 e. The largest absolute Gasteiger partial charge is 0.495 e. The van der Waals surface area contributed by atoms with E-state index in [0.29, 0.717) is 11.4 Å². The molecule has 0 unspecified atom stereocenters. The Labute approximate surface area is 167 Å². The minimum absolute atomic E-state index is 0.123. The van der Waals surface area contributed by atoms with Gasteiger partial charge in [-0.15, -0.1) is 0 Å². The number of aryl methyl sites for hydroxylation is 1. The molecule has 3 rings (SSSR count). The molecule has 0 fully saturated rings. The Morgan fingerprint density at radius 1 is 1.07 bits per heavy atom. The van der Waals surface area contributed by atoms with Gasteiger partial charge in [0.05, 0.1) is 18.6 Å². The van der Waals surface area contributed by atoms with E-state index in [4.69, 9.17) is 4.74 Å². The van der Waals surface area contributed by atoms with Crippen molar-refractivity contribution in [1.82, 2.24) is 9.97 Å². The number of para-hydroxylation sites is 2. The Hall–Kier alpha value is -2.51. The second-order valence-corrected chi connectivity index (χ2v) is 7.65. The van der Waals surface area contributed by atoms with E-state index in [1.807, 2.05) is 36.4 Å². The number of ether oxygens (including phenoxy) is 1. The summed E-state index contributed by atoms with van der Waals surface area (Å²) < 4.78 is 5.26. The van der Waals surface area contributed by atoms with E-state index in [9.17, 15) is 4.79 Å². The van der Waals surface area contributed by atoms with Crippen LogP contribution >= 0.6 is 23.5 Å². The average molecular weight is 398 g/mol. The third-order valence-corrected chi connectivity index (χ3v) is 5.65. The molecule has 1 aromatic heterocycles. The monoisotopic (exact) mass is 397 g/mol. The van der Waals surface area contributed by atoms with Crippen LogP contribution in [-0.4, -0.2) is 28.7 Å². The van der Waals surface area contributed by atoms with Gasteiger partial charge in [-0.05, 0) is 31.2 Å². The number of nitrogens with one attached hydrogen (secondary N) is 1. The molecule has 138 valence electrons. The zero-order valence-corrected chi connectivity index (χ0v) is 16.6. The highest BCUT2D eigenvalue weighted by Crippen LogP contribution is 2.33. The molecule has 0 aliphatic carbocycles. The van der Waals surface area contributed by atoms with Crippen LogP contribution in [0.4, 0.5) is 5.69 Å². The van der Waals surface area contributed by atoms with E-state index in [0.717, 1.165) is 14.9 Å². The Kier molecular flexibility index (Phi) is 6.73. The molecule has 3 aromatic rings. The Morgan fingerprint density at radius 3 is 2.63 bits per heavy atom. The quantitative estimate of drug-likeness (QED) is 0.584. The number of amides is 1. The molecule has 0 bridgehead atoms. The molecular weight excluding hydrogens is 378 g/mol. The van der Waals surface area contributed by atoms with Crippen LogP contribution in [0.2, 0.25) is 0 Å². The maximum atomic E-state index is 12.3. The average Bonchev–Trinajstić information content (AvgIpc) is 2.68. The number of carbonyl (C=O) groups is 1. The van der Waals surface area contributed by atoms with Crippen molar-refractivity contribution in [3.8, 4) is 5.75 Å². The molecule has 1 amide bonds. The number of hydrogen-bond acceptors (Lipinski definition) is 6. The standard InChI is InChI=1S/C20H19N3O2S2/c1-14-6-5-7-15(12-14)27-20-19(21-10-11-22-20)26-13-18(24)23-16-8-3-4-9-17(16)25-2/h3-12H,13H2,1-2H3,(H,23,24). The lowest BCUT2D eigenvalue weighted by molar-refractivity contribution is -0.113. The van der Waals surface area contributed by atoms with Gasteiger partial charge in [0.15, 0.2) is 0 Å². The van der Waals surface area contributed by atoms with Gasteiger partial charge in [0.2, 0.25) is 5.91 Å². The second-order valence-electron chi connectivity index (χ2n) is 5.62. The first-order valence-corrected chi connectivity index (χ1v) is 10.1. The molecule has 0 radical (unpaired) electrons.